The topological polar surface area (TPSA) is 46.6 Å². The quantitative estimate of drug-likeness (QED) is 0.424. The Morgan fingerprint density at radius 2 is 2.00 bits per heavy atom. The van der Waals surface area contributed by atoms with Crippen LogP contribution in [0.1, 0.15) is 37.3 Å². The summed E-state index contributed by atoms with van der Waals surface area (Å²) in [5.74, 6) is -2.35. The number of esters is 1. The first kappa shape index (κ1) is 21.3. The van der Waals surface area contributed by atoms with Crippen LogP contribution < -0.4 is 0 Å². The number of alkyl halides is 3. The van der Waals surface area contributed by atoms with Gasteiger partial charge in [-0.25, -0.2) is 4.39 Å². The van der Waals surface area contributed by atoms with Crippen LogP contribution in [0.2, 0.25) is 0 Å². The molecule has 2 unspecified atom stereocenters. The fourth-order valence-corrected chi connectivity index (χ4v) is 3.39. The molecule has 1 saturated heterocycles. The van der Waals surface area contributed by atoms with Gasteiger partial charge >= 0.3 is 12.1 Å². The van der Waals surface area contributed by atoms with Crippen molar-refractivity contribution in [1.82, 2.24) is 4.90 Å². The van der Waals surface area contributed by atoms with Gasteiger partial charge in [-0.15, -0.1) is 0 Å². The van der Waals surface area contributed by atoms with E-state index in [-0.39, 0.29) is 30.8 Å². The summed E-state index contributed by atoms with van der Waals surface area (Å²) < 4.78 is 56.6. The van der Waals surface area contributed by atoms with Crippen molar-refractivity contribution in [3.63, 3.8) is 0 Å². The lowest BCUT2D eigenvalue weighted by Gasteiger charge is -2.36. The minimum absolute atomic E-state index is 0.119. The number of rotatable bonds is 6. The molecule has 1 aromatic carbocycles. The summed E-state index contributed by atoms with van der Waals surface area (Å²) in [7, 11) is 1.86. The minimum atomic E-state index is -4.73. The Bertz CT molecular complexity index is 690. The van der Waals surface area contributed by atoms with Gasteiger partial charge in [-0.05, 0) is 57.5 Å². The smallest absolute Gasteiger partial charge is 0.419 e. The van der Waals surface area contributed by atoms with Crippen LogP contribution in [0.5, 0.6) is 0 Å². The molecule has 2 atom stereocenters. The zero-order chi connectivity index (χ0) is 20.2. The molecule has 0 N–H and O–H groups in total. The Morgan fingerprint density at radius 1 is 1.30 bits per heavy atom. The van der Waals surface area contributed by atoms with Gasteiger partial charge in [0.25, 0.3) is 0 Å². The van der Waals surface area contributed by atoms with Crippen molar-refractivity contribution >= 4 is 11.8 Å². The third-order valence-electron chi connectivity index (χ3n) is 4.90. The molecular formula is C19H23F4NO3. The summed E-state index contributed by atoms with van der Waals surface area (Å²) in [6.07, 6.45) is -3.60. The normalized spacial score (nSPS) is 21.1. The first-order valence-electron chi connectivity index (χ1n) is 8.86. The predicted molar refractivity (Wildman–Crippen MR) is 90.5 cm³/mol. The first-order valence-corrected chi connectivity index (χ1v) is 8.86. The molecule has 0 aliphatic carbocycles. The lowest BCUT2D eigenvalue weighted by molar-refractivity contribution is -0.147. The number of Topliss-reactive ketones (excluding diaryl/α,β-unsaturated/α-hetero) is 1. The number of likely N-dealkylation sites (tertiary alicyclic amines) is 1. The molecule has 1 heterocycles. The number of nitrogens with zero attached hydrogens (tertiary/aromatic N) is 1. The van der Waals surface area contributed by atoms with Crippen molar-refractivity contribution in [2.24, 2.45) is 5.92 Å². The van der Waals surface area contributed by atoms with Crippen LogP contribution in [-0.2, 0) is 26.9 Å². The molecule has 1 aromatic rings. The average Bonchev–Trinajstić information content (AvgIpc) is 2.55. The third kappa shape index (κ3) is 5.76. The molecule has 1 aliphatic heterocycles. The summed E-state index contributed by atoms with van der Waals surface area (Å²) in [4.78, 5) is 25.8. The highest BCUT2D eigenvalue weighted by Gasteiger charge is 2.35. The first-order chi connectivity index (χ1) is 12.6. The molecular weight excluding hydrogens is 366 g/mol. The molecule has 0 radical (unpaired) electrons. The number of ketones is 1. The summed E-state index contributed by atoms with van der Waals surface area (Å²) in [6.45, 7) is 2.49. The van der Waals surface area contributed by atoms with Crippen molar-refractivity contribution in [2.45, 2.75) is 44.8 Å². The van der Waals surface area contributed by atoms with E-state index in [4.69, 9.17) is 4.74 Å². The van der Waals surface area contributed by atoms with Gasteiger partial charge < -0.3 is 9.64 Å². The fourth-order valence-electron chi connectivity index (χ4n) is 3.39. The van der Waals surface area contributed by atoms with Crippen LogP contribution in [0.15, 0.2) is 18.2 Å². The maximum Gasteiger partial charge on any atom is 0.419 e. The fraction of sp³-hybridized carbons (Fsp3) is 0.579. The van der Waals surface area contributed by atoms with Gasteiger partial charge in [0.2, 0.25) is 0 Å². The standard InChI is InChI=1S/C19H23F4NO3/c1-3-27-18(26)11-17(25)13-6-7-24(2)14(10-13)8-12-4-5-15(16(20)9-12)19(21,22)23/h4-5,9,13-14H,3,6-8,10-11H2,1-2H3. The molecule has 0 aromatic heterocycles. The second kappa shape index (κ2) is 8.82. The molecule has 150 valence electrons. The van der Waals surface area contributed by atoms with E-state index < -0.39 is 23.5 Å². The Hall–Kier alpha value is -1.96. The van der Waals surface area contributed by atoms with Crippen LogP contribution >= 0.6 is 0 Å². The van der Waals surface area contributed by atoms with Gasteiger partial charge in [0.05, 0.1) is 12.2 Å². The van der Waals surface area contributed by atoms with Crippen molar-refractivity contribution in [1.29, 1.82) is 0 Å². The summed E-state index contributed by atoms with van der Waals surface area (Å²) in [6, 6.07) is 2.80. The second-order valence-corrected chi connectivity index (χ2v) is 6.82. The molecule has 1 fully saturated rings. The number of ether oxygens (including phenoxy) is 1. The minimum Gasteiger partial charge on any atom is -0.466 e. The van der Waals surface area contributed by atoms with Gasteiger partial charge in [-0.2, -0.15) is 13.2 Å². The SMILES string of the molecule is CCOC(=O)CC(=O)C1CCN(C)C(Cc2ccc(C(F)(F)F)c(F)c2)C1. The number of likely N-dealkylation sites (N-methyl/N-ethyl adjacent to an activating group) is 1. The highest BCUT2D eigenvalue weighted by atomic mass is 19.4. The molecule has 0 amide bonds. The summed E-state index contributed by atoms with van der Waals surface area (Å²) in [5, 5.41) is 0. The van der Waals surface area contributed by atoms with Crippen LogP contribution in [-0.4, -0.2) is 42.9 Å². The Morgan fingerprint density at radius 3 is 2.59 bits per heavy atom. The Labute approximate surface area is 155 Å². The molecule has 0 bridgehead atoms. The third-order valence-corrected chi connectivity index (χ3v) is 4.90. The van der Waals surface area contributed by atoms with Crippen molar-refractivity contribution in [3.8, 4) is 0 Å². The van der Waals surface area contributed by atoms with Gasteiger partial charge in [0, 0.05) is 12.0 Å². The highest BCUT2D eigenvalue weighted by molar-refractivity contribution is 5.96. The number of carbonyl (C=O) groups is 2. The zero-order valence-electron chi connectivity index (χ0n) is 15.3. The van der Waals surface area contributed by atoms with Crippen LogP contribution in [0.3, 0.4) is 0 Å². The van der Waals surface area contributed by atoms with E-state index in [1.54, 1.807) is 6.92 Å². The van der Waals surface area contributed by atoms with E-state index in [2.05, 4.69) is 0 Å². The van der Waals surface area contributed by atoms with Gasteiger partial charge in [0.1, 0.15) is 18.0 Å². The molecule has 0 spiro atoms. The molecule has 27 heavy (non-hydrogen) atoms. The van der Waals surface area contributed by atoms with Crippen molar-refractivity contribution < 1.29 is 31.9 Å². The van der Waals surface area contributed by atoms with E-state index in [0.29, 0.717) is 31.4 Å². The van der Waals surface area contributed by atoms with E-state index in [9.17, 15) is 27.2 Å². The van der Waals surface area contributed by atoms with Gasteiger partial charge in [0.15, 0.2) is 0 Å². The zero-order valence-corrected chi connectivity index (χ0v) is 15.3. The maximum atomic E-state index is 13.8. The Balaban J connectivity index is 2.04. The second-order valence-electron chi connectivity index (χ2n) is 6.82. The highest BCUT2D eigenvalue weighted by Crippen LogP contribution is 2.32. The van der Waals surface area contributed by atoms with E-state index in [1.807, 2.05) is 11.9 Å². The lowest BCUT2D eigenvalue weighted by Crippen LogP contribution is -2.43. The number of piperidine rings is 1. The lowest BCUT2D eigenvalue weighted by atomic mass is 9.84. The van der Waals surface area contributed by atoms with Gasteiger partial charge in [-0.3, -0.25) is 9.59 Å². The summed E-state index contributed by atoms with van der Waals surface area (Å²) in [5.41, 5.74) is -0.846. The number of carbonyl (C=O) groups excluding carboxylic acids is 2. The van der Waals surface area contributed by atoms with E-state index >= 15 is 0 Å². The van der Waals surface area contributed by atoms with Crippen LogP contribution in [0, 0.1) is 11.7 Å². The van der Waals surface area contributed by atoms with Gasteiger partial charge in [-0.1, -0.05) is 6.07 Å². The van der Waals surface area contributed by atoms with Crippen molar-refractivity contribution in [3.05, 3.63) is 35.1 Å². The van der Waals surface area contributed by atoms with Crippen LogP contribution in [0.25, 0.3) is 0 Å². The molecule has 4 nitrogen and oxygen atoms in total. The average molecular weight is 389 g/mol. The number of hydrogen-bond acceptors (Lipinski definition) is 4. The van der Waals surface area contributed by atoms with E-state index in [1.165, 1.54) is 6.07 Å². The molecule has 0 saturated carbocycles. The van der Waals surface area contributed by atoms with E-state index in [0.717, 1.165) is 12.1 Å². The molecule has 8 heteroatoms. The Kier molecular flexibility index (Phi) is 6.97. The van der Waals surface area contributed by atoms with Crippen LogP contribution in [0.4, 0.5) is 17.6 Å². The number of halogens is 4. The molecule has 2 rings (SSSR count). The number of hydrogen-bond donors (Lipinski definition) is 0. The maximum absolute atomic E-state index is 13.8. The summed E-state index contributed by atoms with van der Waals surface area (Å²) >= 11 is 0. The largest absolute Gasteiger partial charge is 0.466 e. The predicted octanol–water partition coefficient (Wildman–Crippen LogP) is 3.62. The molecule has 1 aliphatic rings. The monoisotopic (exact) mass is 389 g/mol. The number of benzene rings is 1. The van der Waals surface area contributed by atoms with Crippen molar-refractivity contribution in [2.75, 3.05) is 20.2 Å².